The number of thioether (sulfide) groups is 1. The van der Waals surface area contributed by atoms with Gasteiger partial charge in [-0.2, -0.15) is 0 Å². The monoisotopic (exact) mass is 530 g/mol. The summed E-state index contributed by atoms with van der Waals surface area (Å²) < 4.78 is 1.84. The third kappa shape index (κ3) is 6.87. The molecule has 4 rings (SSSR count). The normalized spacial score (nSPS) is 14.1. The molecule has 1 heterocycles. The van der Waals surface area contributed by atoms with Crippen molar-refractivity contribution in [1.29, 1.82) is 0 Å². The second-order valence-electron chi connectivity index (χ2n) is 8.76. The number of Topliss-reactive ketones (excluding diaryl/α,β-unsaturated/α-hetero) is 1. The van der Waals surface area contributed by atoms with Gasteiger partial charge >= 0.3 is 0 Å². The van der Waals surface area contributed by atoms with E-state index < -0.39 is 0 Å². The average molecular weight is 532 g/mol. The topological polar surface area (TPSA) is 76.9 Å². The fourth-order valence-electron chi connectivity index (χ4n) is 4.42. The molecule has 0 unspecified atom stereocenters. The zero-order valence-corrected chi connectivity index (χ0v) is 21.9. The van der Waals surface area contributed by atoms with Gasteiger partial charge in [0.15, 0.2) is 10.9 Å². The molecule has 0 radical (unpaired) electrons. The van der Waals surface area contributed by atoms with E-state index in [1.54, 1.807) is 18.2 Å². The van der Waals surface area contributed by atoms with Crippen LogP contribution in [0.5, 0.6) is 0 Å². The summed E-state index contributed by atoms with van der Waals surface area (Å²) in [5.74, 6) is 1.39. The highest BCUT2D eigenvalue weighted by atomic mass is 35.5. The summed E-state index contributed by atoms with van der Waals surface area (Å²) in [6.07, 6.45) is 6.83. The number of carbonyl (C=O) groups excluding carboxylic acids is 2. The fraction of sp³-hybridized carbons (Fsp3) is 0.385. The van der Waals surface area contributed by atoms with Gasteiger partial charge in [0.25, 0.3) is 0 Å². The van der Waals surface area contributed by atoms with Crippen LogP contribution in [0, 0.1) is 0 Å². The van der Waals surface area contributed by atoms with Crippen LogP contribution in [0.15, 0.2) is 47.6 Å². The number of amides is 1. The van der Waals surface area contributed by atoms with Gasteiger partial charge in [0, 0.05) is 35.5 Å². The molecule has 0 spiro atoms. The highest BCUT2D eigenvalue weighted by Crippen LogP contribution is 2.33. The Morgan fingerprint density at radius 3 is 2.37 bits per heavy atom. The lowest BCUT2D eigenvalue weighted by Crippen LogP contribution is -2.23. The van der Waals surface area contributed by atoms with Gasteiger partial charge in [0.1, 0.15) is 5.82 Å². The molecule has 1 aliphatic rings. The summed E-state index contributed by atoms with van der Waals surface area (Å²) in [6.45, 7) is 1.88. The molecule has 184 valence electrons. The minimum absolute atomic E-state index is 0.0312. The number of hydrogen-bond acceptors (Lipinski definition) is 5. The standard InChI is InChI=1S/C26H28Cl2N4O2S/c1-17(33)29-12-11-25-30-31-26(32(25)23-14-21(27)13-22(28)15-23)35-16-24(34)20-9-7-19(8-10-20)18-5-3-2-4-6-18/h7-10,13-15,18H,2-6,11-12,16H2,1H3,(H,29,33). The van der Waals surface area contributed by atoms with E-state index in [1.807, 2.05) is 16.7 Å². The largest absolute Gasteiger partial charge is 0.356 e. The SMILES string of the molecule is CC(=O)NCCc1nnc(SCC(=O)c2ccc(C3CCCCC3)cc2)n1-c1cc(Cl)cc(Cl)c1. The van der Waals surface area contributed by atoms with E-state index in [4.69, 9.17) is 23.2 Å². The molecule has 2 aromatic carbocycles. The van der Waals surface area contributed by atoms with Crippen molar-refractivity contribution in [2.75, 3.05) is 12.3 Å². The van der Waals surface area contributed by atoms with Crippen molar-refractivity contribution in [3.05, 3.63) is 69.5 Å². The molecular weight excluding hydrogens is 503 g/mol. The zero-order valence-electron chi connectivity index (χ0n) is 19.6. The summed E-state index contributed by atoms with van der Waals surface area (Å²) in [5, 5.41) is 12.9. The summed E-state index contributed by atoms with van der Waals surface area (Å²) in [5.41, 5.74) is 2.73. The van der Waals surface area contributed by atoms with Gasteiger partial charge < -0.3 is 5.32 Å². The van der Waals surface area contributed by atoms with Crippen molar-refractivity contribution in [3.63, 3.8) is 0 Å². The molecule has 0 atom stereocenters. The van der Waals surface area contributed by atoms with Gasteiger partial charge in [-0.05, 0) is 42.5 Å². The first-order valence-electron chi connectivity index (χ1n) is 11.8. The number of nitrogens with one attached hydrogen (secondary N) is 1. The molecule has 1 aromatic heterocycles. The Hall–Kier alpha value is -2.35. The van der Waals surface area contributed by atoms with Crippen molar-refractivity contribution in [2.45, 2.75) is 56.5 Å². The smallest absolute Gasteiger partial charge is 0.216 e. The lowest BCUT2D eigenvalue weighted by Gasteiger charge is -2.22. The first-order valence-corrected chi connectivity index (χ1v) is 13.6. The fourth-order valence-corrected chi connectivity index (χ4v) is 5.80. The molecule has 1 fully saturated rings. The second-order valence-corrected chi connectivity index (χ2v) is 10.6. The average Bonchev–Trinajstić information content (AvgIpc) is 3.25. The quantitative estimate of drug-likeness (QED) is 0.260. The Morgan fingerprint density at radius 2 is 1.71 bits per heavy atom. The van der Waals surface area contributed by atoms with Crippen LogP contribution in [0.25, 0.3) is 5.69 Å². The van der Waals surface area contributed by atoms with Gasteiger partial charge in [0.2, 0.25) is 5.91 Å². The molecule has 1 amide bonds. The number of ketones is 1. The van der Waals surface area contributed by atoms with Gasteiger partial charge in [-0.1, -0.05) is 78.5 Å². The van der Waals surface area contributed by atoms with Crippen LogP contribution >= 0.6 is 35.0 Å². The number of rotatable bonds is 9. The van der Waals surface area contributed by atoms with Crippen LogP contribution in [-0.2, 0) is 11.2 Å². The number of aromatic nitrogens is 3. The minimum atomic E-state index is -0.114. The van der Waals surface area contributed by atoms with E-state index in [2.05, 4.69) is 27.6 Å². The Bertz CT molecular complexity index is 1170. The molecule has 1 aliphatic carbocycles. The van der Waals surface area contributed by atoms with Crippen LogP contribution in [0.1, 0.15) is 66.7 Å². The lowest BCUT2D eigenvalue weighted by atomic mass is 9.84. The zero-order chi connectivity index (χ0) is 24.8. The number of benzene rings is 2. The number of halogens is 2. The summed E-state index contributed by atoms with van der Waals surface area (Å²) in [7, 11) is 0. The maximum Gasteiger partial charge on any atom is 0.216 e. The number of carbonyl (C=O) groups is 2. The van der Waals surface area contributed by atoms with Crippen LogP contribution < -0.4 is 5.32 Å². The van der Waals surface area contributed by atoms with E-state index in [1.165, 1.54) is 56.4 Å². The van der Waals surface area contributed by atoms with Crippen LogP contribution in [0.4, 0.5) is 0 Å². The molecular formula is C26H28Cl2N4O2S. The highest BCUT2D eigenvalue weighted by molar-refractivity contribution is 7.99. The van der Waals surface area contributed by atoms with Gasteiger partial charge in [-0.25, -0.2) is 0 Å². The van der Waals surface area contributed by atoms with Gasteiger partial charge in [0.05, 0.1) is 11.4 Å². The molecule has 0 bridgehead atoms. The van der Waals surface area contributed by atoms with E-state index in [9.17, 15) is 9.59 Å². The van der Waals surface area contributed by atoms with Crippen molar-refractivity contribution in [3.8, 4) is 5.69 Å². The molecule has 0 saturated heterocycles. The van der Waals surface area contributed by atoms with E-state index in [0.29, 0.717) is 51.2 Å². The van der Waals surface area contributed by atoms with Gasteiger partial charge in [-0.15, -0.1) is 10.2 Å². The third-order valence-electron chi connectivity index (χ3n) is 6.17. The van der Waals surface area contributed by atoms with E-state index in [0.717, 1.165) is 0 Å². The van der Waals surface area contributed by atoms with Crippen molar-refractivity contribution in [2.24, 2.45) is 0 Å². The predicted molar refractivity (Wildman–Crippen MR) is 141 cm³/mol. The molecule has 9 heteroatoms. The maximum absolute atomic E-state index is 12.9. The van der Waals surface area contributed by atoms with Crippen LogP contribution in [0.3, 0.4) is 0 Å². The highest BCUT2D eigenvalue weighted by Gasteiger charge is 2.19. The van der Waals surface area contributed by atoms with Crippen LogP contribution in [0.2, 0.25) is 10.0 Å². The van der Waals surface area contributed by atoms with Crippen molar-refractivity contribution in [1.82, 2.24) is 20.1 Å². The van der Waals surface area contributed by atoms with E-state index >= 15 is 0 Å². The Balaban J connectivity index is 1.49. The molecule has 0 aliphatic heterocycles. The van der Waals surface area contributed by atoms with Gasteiger partial charge in [-0.3, -0.25) is 14.2 Å². The molecule has 3 aromatic rings. The Morgan fingerprint density at radius 1 is 1.03 bits per heavy atom. The predicted octanol–water partition coefficient (Wildman–Crippen LogP) is 6.28. The maximum atomic E-state index is 12.9. The van der Waals surface area contributed by atoms with E-state index in [-0.39, 0.29) is 17.4 Å². The number of nitrogens with zero attached hydrogens (tertiary/aromatic N) is 3. The first-order chi connectivity index (χ1) is 16.9. The first kappa shape index (κ1) is 25.7. The summed E-state index contributed by atoms with van der Waals surface area (Å²) in [6, 6.07) is 13.3. The minimum Gasteiger partial charge on any atom is -0.356 e. The third-order valence-corrected chi connectivity index (χ3v) is 7.54. The lowest BCUT2D eigenvalue weighted by molar-refractivity contribution is -0.118. The second kappa shape index (κ2) is 12.1. The van der Waals surface area contributed by atoms with Crippen molar-refractivity contribution < 1.29 is 9.59 Å². The number of hydrogen-bond donors (Lipinski definition) is 1. The summed E-state index contributed by atoms with van der Waals surface area (Å²) in [4.78, 5) is 24.2. The summed E-state index contributed by atoms with van der Waals surface area (Å²) >= 11 is 13.8. The molecule has 6 nitrogen and oxygen atoms in total. The Kier molecular flexibility index (Phi) is 8.87. The molecule has 1 N–H and O–H groups in total. The van der Waals surface area contributed by atoms with Crippen LogP contribution in [-0.4, -0.2) is 38.8 Å². The van der Waals surface area contributed by atoms with Crippen molar-refractivity contribution >= 4 is 46.7 Å². The molecule has 35 heavy (non-hydrogen) atoms. The Labute approximate surface area is 219 Å². The molecule has 1 saturated carbocycles.